The molecule has 6 heteroatoms. The first kappa shape index (κ1) is 18.9. The monoisotopic (exact) mass is 367 g/mol. The predicted molar refractivity (Wildman–Crippen MR) is 105 cm³/mol. The standard InChI is InChI=1S/C21H25N3O3/c1-3-27-21(26)16-4-7-18(8-5-16)23-20(25)17-6-9-19(22-14-17)24-12-10-15(2)11-13-24/h4-9,14-15H,3,10-13H2,1-2H3,(H,23,25). The second kappa shape index (κ2) is 8.66. The maximum Gasteiger partial charge on any atom is 0.338 e. The van der Waals surface area contributed by atoms with Gasteiger partial charge in [-0.05, 0) is 62.1 Å². The van der Waals surface area contributed by atoms with Crippen LogP contribution in [-0.2, 0) is 4.74 Å². The van der Waals surface area contributed by atoms with Gasteiger partial charge < -0.3 is 15.0 Å². The number of hydrogen-bond acceptors (Lipinski definition) is 5. The van der Waals surface area contributed by atoms with Gasteiger partial charge in [0.1, 0.15) is 5.82 Å². The SMILES string of the molecule is CCOC(=O)c1ccc(NC(=O)c2ccc(N3CCC(C)CC3)nc2)cc1. The molecule has 1 aliphatic rings. The number of pyridine rings is 1. The second-order valence-electron chi connectivity index (χ2n) is 6.83. The van der Waals surface area contributed by atoms with Crippen LogP contribution >= 0.6 is 0 Å². The van der Waals surface area contributed by atoms with Crippen LogP contribution in [0.25, 0.3) is 0 Å². The van der Waals surface area contributed by atoms with Crippen molar-refractivity contribution >= 4 is 23.4 Å². The Morgan fingerprint density at radius 3 is 2.37 bits per heavy atom. The van der Waals surface area contributed by atoms with Crippen molar-refractivity contribution in [2.24, 2.45) is 5.92 Å². The van der Waals surface area contributed by atoms with Crippen molar-refractivity contribution in [1.29, 1.82) is 0 Å². The van der Waals surface area contributed by atoms with Gasteiger partial charge in [0, 0.05) is 25.0 Å². The van der Waals surface area contributed by atoms with Gasteiger partial charge in [0.15, 0.2) is 0 Å². The number of amides is 1. The number of benzene rings is 1. The highest BCUT2D eigenvalue weighted by atomic mass is 16.5. The molecule has 2 heterocycles. The molecular formula is C21H25N3O3. The fraction of sp³-hybridized carbons (Fsp3) is 0.381. The van der Waals surface area contributed by atoms with Crippen molar-refractivity contribution in [3.05, 3.63) is 53.7 Å². The molecule has 1 amide bonds. The number of aromatic nitrogens is 1. The summed E-state index contributed by atoms with van der Waals surface area (Å²) in [6.07, 6.45) is 3.95. The van der Waals surface area contributed by atoms with Gasteiger partial charge in [-0.3, -0.25) is 4.79 Å². The summed E-state index contributed by atoms with van der Waals surface area (Å²) in [5, 5.41) is 2.82. The Morgan fingerprint density at radius 2 is 1.78 bits per heavy atom. The third-order valence-corrected chi connectivity index (χ3v) is 4.77. The van der Waals surface area contributed by atoms with Crippen molar-refractivity contribution < 1.29 is 14.3 Å². The minimum absolute atomic E-state index is 0.231. The number of nitrogens with zero attached hydrogens (tertiary/aromatic N) is 2. The molecule has 1 aromatic carbocycles. The lowest BCUT2D eigenvalue weighted by Gasteiger charge is -2.31. The molecule has 142 valence electrons. The number of esters is 1. The number of carbonyl (C=O) groups is 2. The summed E-state index contributed by atoms with van der Waals surface area (Å²) in [6.45, 7) is 6.38. The minimum atomic E-state index is -0.373. The topological polar surface area (TPSA) is 71.5 Å². The second-order valence-corrected chi connectivity index (χ2v) is 6.83. The number of anilines is 2. The molecule has 1 N–H and O–H groups in total. The molecule has 0 radical (unpaired) electrons. The van der Waals surface area contributed by atoms with Gasteiger partial charge >= 0.3 is 5.97 Å². The number of ether oxygens (including phenoxy) is 1. The smallest absolute Gasteiger partial charge is 0.338 e. The van der Waals surface area contributed by atoms with Gasteiger partial charge in [-0.25, -0.2) is 9.78 Å². The maximum absolute atomic E-state index is 12.4. The Labute approximate surface area is 159 Å². The fourth-order valence-corrected chi connectivity index (χ4v) is 3.05. The van der Waals surface area contributed by atoms with E-state index >= 15 is 0 Å². The van der Waals surface area contributed by atoms with Crippen LogP contribution in [-0.4, -0.2) is 36.6 Å². The number of nitrogens with one attached hydrogen (secondary N) is 1. The molecule has 0 aliphatic carbocycles. The Morgan fingerprint density at radius 1 is 1.11 bits per heavy atom. The minimum Gasteiger partial charge on any atom is -0.462 e. The molecule has 0 bridgehead atoms. The van der Waals surface area contributed by atoms with Gasteiger partial charge in [0.2, 0.25) is 0 Å². The van der Waals surface area contributed by atoms with Crippen molar-refractivity contribution in [3.8, 4) is 0 Å². The third-order valence-electron chi connectivity index (χ3n) is 4.77. The summed E-state index contributed by atoms with van der Waals surface area (Å²) in [7, 11) is 0. The summed E-state index contributed by atoms with van der Waals surface area (Å²) >= 11 is 0. The normalized spacial score (nSPS) is 14.7. The highest BCUT2D eigenvalue weighted by molar-refractivity contribution is 6.04. The van der Waals surface area contributed by atoms with E-state index in [9.17, 15) is 9.59 Å². The van der Waals surface area contributed by atoms with Crippen LogP contribution < -0.4 is 10.2 Å². The first-order chi connectivity index (χ1) is 13.1. The van der Waals surface area contributed by atoms with Crippen molar-refractivity contribution in [2.45, 2.75) is 26.7 Å². The highest BCUT2D eigenvalue weighted by Gasteiger charge is 2.17. The summed E-state index contributed by atoms with van der Waals surface area (Å²) in [5.74, 6) is 1.08. The predicted octanol–water partition coefficient (Wildman–Crippen LogP) is 3.75. The first-order valence-corrected chi connectivity index (χ1v) is 9.36. The molecular weight excluding hydrogens is 342 g/mol. The van der Waals surface area contributed by atoms with Crippen molar-refractivity contribution in [2.75, 3.05) is 29.9 Å². The van der Waals surface area contributed by atoms with E-state index in [1.165, 1.54) is 12.8 Å². The molecule has 0 atom stereocenters. The third kappa shape index (κ3) is 4.84. The van der Waals surface area contributed by atoms with E-state index in [1.807, 2.05) is 6.07 Å². The van der Waals surface area contributed by atoms with Gasteiger partial charge in [-0.15, -0.1) is 0 Å². The number of piperidine rings is 1. The molecule has 0 spiro atoms. The Balaban J connectivity index is 1.60. The molecule has 3 rings (SSSR count). The largest absolute Gasteiger partial charge is 0.462 e. The highest BCUT2D eigenvalue weighted by Crippen LogP contribution is 2.21. The summed E-state index contributed by atoms with van der Waals surface area (Å²) in [5.41, 5.74) is 1.57. The number of hydrogen-bond donors (Lipinski definition) is 1. The van der Waals surface area contributed by atoms with Gasteiger partial charge in [0.05, 0.1) is 17.7 Å². The van der Waals surface area contributed by atoms with Crippen LogP contribution in [0.3, 0.4) is 0 Å². The van der Waals surface area contributed by atoms with E-state index in [-0.39, 0.29) is 11.9 Å². The first-order valence-electron chi connectivity index (χ1n) is 9.36. The molecule has 0 unspecified atom stereocenters. The Bertz CT molecular complexity index is 779. The lowest BCUT2D eigenvalue weighted by Crippen LogP contribution is -2.33. The molecule has 6 nitrogen and oxygen atoms in total. The summed E-state index contributed by atoms with van der Waals surface area (Å²) < 4.78 is 4.95. The van der Waals surface area contributed by atoms with E-state index < -0.39 is 0 Å². The van der Waals surface area contributed by atoms with Crippen LogP contribution in [0.2, 0.25) is 0 Å². The van der Waals surface area contributed by atoms with E-state index in [2.05, 4.69) is 22.1 Å². The van der Waals surface area contributed by atoms with Crippen LogP contribution in [0.15, 0.2) is 42.6 Å². The average Bonchev–Trinajstić information content (AvgIpc) is 2.69. The van der Waals surface area contributed by atoms with Gasteiger partial charge in [-0.1, -0.05) is 6.92 Å². The lowest BCUT2D eigenvalue weighted by atomic mass is 9.99. The summed E-state index contributed by atoms with van der Waals surface area (Å²) in [6, 6.07) is 10.3. The fourth-order valence-electron chi connectivity index (χ4n) is 3.05. The number of carbonyl (C=O) groups excluding carboxylic acids is 2. The lowest BCUT2D eigenvalue weighted by molar-refractivity contribution is 0.0526. The number of rotatable bonds is 5. The van der Waals surface area contributed by atoms with Gasteiger partial charge in [0.25, 0.3) is 5.91 Å². The van der Waals surface area contributed by atoms with E-state index in [4.69, 9.17) is 4.74 Å². The molecule has 1 aromatic heterocycles. The zero-order valence-corrected chi connectivity index (χ0v) is 15.8. The molecule has 1 aliphatic heterocycles. The van der Waals surface area contributed by atoms with Crippen molar-refractivity contribution in [1.82, 2.24) is 4.98 Å². The van der Waals surface area contributed by atoms with Gasteiger partial charge in [-0.2, -0.15) is 0 Å². The van der Waals surface area contributed by atoms with E-state index in [1.54, 1.807) is 43.5 Å². The molecule has 1 fully saturated rings. The Kier molecular flexibility index (Phi) is 6.06. The zero-order chi connectivity index (χ0) is 19.2. The molecule has 0 saturated carbocycles. The summed E-state index contributed by atoms with van der Waals surface area (Å²) in [4.78, 5) is 30.8. The van der Waals surface area contributed by atoms with Crippen LogP contribution in [0, 0.1) is 5.92 Å². The molecule has 2 aromatic rings. The molecule has 1 saturated heterocycles. The van der Waals surface area contributed by atoms with E-state index in [0.29, 0.717) is 23.4 Å². The van der Waals surface area contributed by atoms with E-state index in [0.717, 1.165) is 24.8 Å². The van der Waals surface area contributed by atoms with Crippen LogP contribution in [0.1, 0.15) is 47.4 Å². The van der Waals surface area contributed by atoms with Crippen LogP contribution in [0.4, 0.5) is 11.5 Å². The quantitative estimate of drug-likeness (QED) is 0.815. The van der Waals surface area contributed by atoms with Crippen LogP contribution in [0.5, 0.6) is 0 Å². The zero-order valence-electron chi connectivity index (χ0n) is 15.8. The molecule has 27 heavy (non-hydrogen) atoms. The van der Waals surface area contributed by atoms with Crippen molar-refractivity contribution in [3.63, 3.8) is 0 Å². The average molecular weight is 367 g/mol. The Hall–Kier alpha value is -2.89. The maximum atomic E-state index is 12.4.